The summed E-state index contributed by atoms with van der Waals surface area (Å²) in [6, 6.07) is 48.2. The van der Waals surface area contributed by atoms with E-state index in [9.17, 15) is 5.26 Å². The first-order chi connectivity index (χ1) is 24.2. The van der Waals surface area contributed by atoms with Crippen LogP contribution in [0.1, 0.15) is 41.0 Å². The molecule has 2 heterocycles. The maximum Gasteiger partial charge on any atom is 0.143 e. The lowest BCUT2D eigenvalue weighted by atomic mass is 9.90. The van der Waals surface area contributed by atoms with Gasteiger partial charge in [0.1, 0.15) is 29.3 Å². The quantitative estimate of drug-likeness (QED) is 0.198. The Kier molecular flexibility index (Phi) is 7.15. The summed E-state index contributed by atoms with van der Waals surface area (Å²) in [7, 11) is 0. The van der Waals surface area contributed by atoms with Gasteiger partial charge in [-0.2, -0.15) is 5.26 Å². The molecule has 0 saturated carbocycles. The van der Waals surface area contributed by atoms with E-state index in [1.165, 1.54) is 11.1 Å². The fourth-order valence-electron chi connectivity index (χ4n) is 7.28. The van der Waals surface area contributed by atoms with Crippen LogP contribution in [-0.4, -0.2) is 5.84 Å². The van der Waals surface area contributed by atoms with Crippen molar-refractivity contribution in [3.05, 3.63) is 174 Å². The highest BCUT2D eigenvalue weighted by Crippen LogP contribution is 2.41. The highest BCUT2D eigenvalue weighted by molar-refractivity contribution is 6.20. The van der Waals surface area contributed by atoms with Crippen molar-refractivity contribution in [1.82, 2.24) is 10.6 Å². The van der Waals surface area contributed by atoms with Crippen molar-refractivity contribution in [3.63, 3.8) is 0 Å². The van der Waals surface area contributed by atoms with Gasteiger partial charge in [0.25, 0.3) is 0 Å². The SMILES string of the molecule is N#Cc1cc2c(oc3cccc(-c4cccc(C5=CCC(C6=NC(c7ccccc7)NC(c7ccccc7)N6)C=C5)c4)c32)c2ccccc12. The number of fused-ring (bicyclic) bond motifs is 5. The molecule has 0 radical (unpaired) electrons. The van der Waals surface area contributed by atoms with Crippen LogP contribution < -0.4 is 10.6 Å². The van der Waals surface area contributed by atoms with Gasteiger partial charge in [-0.05, 0) is 58.0 Å². The van der Waals surface area contributed by atoms with Crippen LogP contribution in [-0.2, 0) is 0 Å². The molecule has 9 rings (SSSR count). The van der Waals surface area contributed by atoms with Crippen LogP contribution in [0.4, 0.5) is 0 Å². The predicted octanol–water partition coefficient (Wildman–Crippen LogP) is 10.2. The zero-order valence-electron chi connectivity index (χ0n) is 26.7. The van der Waals surface area contributed by atoms with Crippen molar-refractivity contribution in [2.24, 2.45) is 10.9 Å². The lowest BCUT2D eigenvalue weighted by Crippen LogP contribution is -2.47. The van der Waals surface area contributed by atoms with Crippen LogP contribution in [0.5, 0.6) is 0 Å². The summed E-state index contributed by atoms with van der Waals surface area (Å²) < 4.78 is 6.46. The molecule has 2 N–H and O–H groups in total. The normalized spacial score (nSPS) is 19.0. The smallest absolute Gasteiger partial charge is 0.143 e. The van der Waals surface area contributed by atoms with Gasteiger partial charge in [0.15, 0.2) is 0 Å². The van der Waals surface area contributed by atoms with Gasteiger partial charge in [-0.25, -0.2) is 4.99 Å². The first kappa shape index (κ1) is 29.0. The number of benzene rings is 6. The average Bonchev–Trinajstić information content (AvgIpc) is 3.57. The summed E-state index contributed by atoms with van der Waals surface area (Å²) in [4.78, 5) is 5.17. The number of hydrogen-bond donors (Lipinski definition) is 2. The van der Waals surface area contributed by atoms with E-state index in [1.54, 1.807) is 0 Å². The zero-order valence-corrected chi connectivity index (χ0v) is 26.7. The lowest BCUT2D eigenvalue weighted by Gasteiger charge is -2.34. The van der Waals surface area contributed by atoms with Crippen LogP contribution in [0, 0.1) is 17.2 Å². The van der Waals surface area contributed by atoms with Crippen molar-refractivity contribution in [2.45, 2.75) is 18.8 Å². The largest absolute Gasteiger partial charge is 0.455 e. The van der Waals surface area contributed by atoms with Gasteiger partial charge in [-0.3, -0.25) is 5.32 Å². The average molecular weight is 633 g/mol. The molecule has 0 saturated heterocycles. The molecule has 0 fully saturated rings. The first-order valence-electron chi connectivity index (χ1n) is 16.7. The fourth-order valence-corrected chi connectivity index (χ4v) is 7.28. The molecule has 1 aliphatic carbocycles. The second kappa shape index (κ2) is 12.1. The topological polar surface area (TPSA) is 73.3 Å². The van der Waals surface area contributed by atoms with Gasteiger partial charge in [0.05, 0.1) is 11.6 Å². The maximum absolute atomic E-state index is 10.00. The molecule has 6 aromatic carbocycles. The third-order valence-electron chi connectivity index (χ3n) is 9.71. The Morgan fingerprint density at radius 1 is 0.714 bits per heavy atom. The summed E-state index contributed by atoms with van der Waals surface area (Å²) in [6.45, 7) is 0. The first-order valence-corrected chi connectivity index (χ1v) is 16.7. The summed E-state index contributed by atoms with van der Waals surface area (Å²) in [5.41, 5.74) is 9.15. The maximum atomic E-state index is 10.00. The van der Waals surface area contributed by atoms with Gasteiger partial charge >= 0.3 is 0 Å². The third kappa shape index (κ3) is 5.20. The van der Waals surface area contributed by atoms with E-state index in [1.807, 2.05) is 54.6 Å². The van der Waals surface area contributed by atoms with Gasteiger partial charge in [0.2, 0.25) is 0 Å². The van der Waals surface area contributed by atoms with E-state index >= 15 is 0 Å². The number of nitrogens with one attached hydrogen (secondary N) is 2. The minimum atomic E-state index is -0.137. The van der Waals surface area contributed by atoms with Crippen molar-refractivity contribution in [3.8, 4) is 17.2 Å². The summed E-state index contributed by atoms with van der Waals surface area (Å²) in [6.07, 6.45) is 7.50. The van der Waals surface area contributed by atoms with Crippen LogP contribution in [0.2, 0.25) is 0 Å². The molecule has 5 heteroatoms. The number of allylic oxidation sites excluding steroid dienone is 3. The van der Waals surface area contributed by atoms with E-state index in [-0.39, 0.29) is 18.2 Å². The number of rotatable bonds is 5. The molecule has 1 aromatic heterocycles. The zero-order chi connectivity index (χ0) is 32.7. The molecule has 7 aromatic rings. The van der Waals surface area contributed by atoms with Crippen molar-refractivity contribution in [1.29, 1.82) is 5.26 Å². The Balaban J connectivity index is 1.04. The standard InChI is InChI=1S/C44H32N4O/c45-27-34-26-38-40-36(19-10-20-39(40)49-41(38)37-18-8-7-17-35(34)37)33-16-9-15-32(25-33)28-21-23-31(24-22-28)44-47-42(29-11-3-1-4-12-29)46-43(48-44)30-13-5-2-6-14-30/h1-23,25-26,31,42-43,46H,24H2,(H,47,48). The van der Waals surface area contributed by atoms with Crippen LogP contribution >= 0.6 is 0 Å². The Morgan fingerprint density at radius 2 is 1.45 bits per heavy atom. The summed E-state index contributed by atoms with van der Waals surface area (Å²) >= 11 is 0. The molecule has 1 aliphatic heterocycles. The lowest BCUT2D eigenvalue weighted by molar-refractivity contribution is 0.399. The van der Waals surface area contributed by atoms with Crippen molar-refractivity contribution >= 4 is 44.1 Å². The third-order valence-corrected chi connectivity index (χ3v) is 9.71. The number of hydrogen-bond acceptors (Lipinski definition) is 5. The molecule has 49 heavy (non-hydrogen) atoms. The van der Waals surface area contributed by atoms with Crippen molar-refractivity contribution in [2.75, 3.05) is 0 Å². The van der Waals surface area contributed by atoms with Gasteiger partial charge in [-0.1, -0.05) is 133 Å². The molecular formula is C44H32N4O. The number of amidine groups is 1. The fraction of sp³-hybridized carbons (Fsp3) is 0.0909. The molecule has 2 aliphatic rings. The van der Waals surface area contributed by atoms with Crippen LogP contribution in [0.25, 0.3) is 49.4 Å². The predicted molar refractivity (Wildman–Crippen MR) is 199 cm³/mol. The number of nitrogens with zero attached hydrogens (tertiary/aromatic N) is 2. The van der Waals surface area contributed by atoms with Crippen LogP contribution in [0.15, 0.2) is 161 Å². The molecule has 3 atom stereocenters. The molecular weight excluding hydrogens is 601 g/mol. The molecule has 3 unspecified atom stereocenters. The second-order valence-electron chi connectivity index (χ2n) is 12.7. The Labute approximate surface area is 284 Å². The molecule has 234 valence electrons. The van der Waals surface area contributed by atoms with E-state index in [4.69, 9.17) is 9.41 Å². The minimum Gasteiger partial charge on any atom is -0.455 e. The van der Waals surface area contributed by atoms with E-state index in [0.29, 0.717) is 5.56 Å². The summed E-state index contributed by atoms with van der Waals surface area (Å²) in [5.74, 6) is 1.13. The monoisotopic (exact) mass is 632 g/mol. The van der Waals surface area contributed by atoms with Gasteiger partial charge in [0, 0.05) is 27.5 Å². The highest BCUT2D eigenvalue weighted by atomic mass is 16.3. The Bertz CT molecular complexity index is 2500. The number of aliphatic imine (C=N–C) groups is 1. The van der Waals surface area contributed by atoms with E-state index < -0.39 is 0 Å². The van der Waals surface area contributed by atoms with E-state index in [0.717, 1.165) is 67.2 Å². The molecule has 0 spiro atoms. The second-order valence-corrected chi connectivity index (χ2v) is 12.7. The van der Waals surface area contributed by atoms with Crippen LogP contribution in [0.3, 0.4) is 0 Å². The minimum absolute atomic E-state index is 0.0432. The number of furan rings is 1. The molecule has 0 bridgehead atoms. The van der Waals surface area contributed by atoms with Gasteiger partial charge < -0.3 is 9.73 Å². The Morgan fingerprint density at radius 3 is 2.22 bits per heavy atom. The molecule has 5 nitrogen and oxygen atoms in total. The highest BCUT2D eigenvalue weighted by Gasteiger charge is 2.28. The number of nitriles is 1. The summed E-state index contributed by atoms with van der Waals surface area (Å²) in [5, 5.41) is 21.2. The van der Waals surface area contributed by atoms with E-state index in [2.05, 4.69) is 114 Å². The Hall–Kier alpha value is -6.22. The van der Waals surface area contributed by atoms with Gasteiger partial charge in [-0.15, -0.1) is 0 Å². The molecule has 0 amide bonds. The van der Waals surface area contributed by atoms with Crippen molar-refractivity contribution < 1.29 is 4.42 Å².